The van der Waals surface area contributed by atoms with E-state index in [9.17, 15) is 4.79 Å². The summed E-state index contributed by atoms with van der Waals surface area (Å²) in [4.78, 5) is 23.1. The van der Waals surface area contributed by atoms with Crippen LogP contribution in [0.15, 0.2) is 73.1 Å². The summed E-state index contributed by atoms with van der Waals surface area (Å²) < 4.78 is 0. The van der Waals surface area contributed by atoms with E-state index in [1.165, 1.54) is 10.9 Å². The van der Waals surface area contributed by atoms with Gasteiger partial charge in [0.25, 0.3) is 5.91 Å². The standard InChI is InChI=1S/C22H16N4O/c27-22-13-6-1-2-10-18(13)26-20(17-8-3-4-11-23-17)15-12-24-16-9-5-7-14(19(15)16)21(26)25-22/h1-12,20-21,24H,(H,25,27). The molecule has 2 N–H and O–H groups in total. The average molecular weight is 352 g/mol. The largest absolute Gasteiger partial charge is 0.361 e. The summed E-state index contributed by atoms with van der Waals surface area (Å²) in [5, 5.41) is 4.39. The number of amides is 1. The summed E-state index contributed by atoms with van der Waals surface area (Å²) in [6.07, 6.45) is 3.66. The van der Waals surface area contributed by atoms with Crippen molar-refractivity contribution >= 4 is 22.5 Å². The second-order valence-corrected chi connectivity index (χ2v) is 6.97. The number of fused-ring (bicyclic) bond motifs is 4. The number of aromatic nitrogens is 2. The number of pyridine rings is 1. The van der Waals surface area contributed by atoms with Crippen LogP contribution in [0.5, 0.6) is 0 Å². The van der Waals surface area contributed by atoms with Gasteiger partial charge in [-0.1, -0.05) is 30.3 Å². The fourth-order valence-electron chi connectivity index (χ4n) is 4.49. The van der Waals surface area contributed by atoms with Gasteiger partial charge in [-0.05, 0) is 30.3 Å². The summed E-state index contributed by atoms with van der Waals surface area (Å²) in [5.74, 6) is -0.0393. The van der Waals surface area contributed by atoms with Crippen molar-refractivity contribution in [1.82, 2.24) is 15.3 Å². The molecule has 0 spiro atoms. The van der Waals surface area contributed by atoms with Crippen molar-refractivity contribution in [2.75, 3.05) is 4.90 Å². The van der Waals surface area contributed by atoms with E-state index in [1.807, 2.05) is 54.7 Å². The predicted octanol–water partition coefficient (Wildman–Crippen LogP) is 3.91. The summed E-state index contributed by atoms with van der Waals surface area (Å²) in [5.41, 5.74) is 5.96. The van der Waals surface area contributed by atoms with E-state index in [-0.39, 0.29) is 18.1 Å². The van der Waals surface area contributed by atoms with E-state index in [1.54, 1.807) is 0 Å². The van der Waals surface area contributed by atoms with Crippen molar-refractivity contribution < 1.29 is 4.79 Å². The maximum absolute atomic E-state index is 12.8. The van der Waals surface area contributed by atoms with Crippen LogP contribution >= 0.6 is 0 Å². The third-order valence-electron chi connectivity index (χ3n) is 5.58. The van der Waals surface area contributed by atoms with Crippen molar-refractivity contribution in [2.24, 2.45) is 0 Å². The molecule has 4 aromatic rings. The predicted molar refractivity (Wildman–Crippen MR) is 104 cm³/mol. The van der Waals surface area contributed by atoms with Gasteiger partial charge in [0.1, 0.15) is 12.2 Å². The first-order valence-electron chi connectivity index (χ1n) is 9.02. The molecule has 0 aliphatic carbocycles. The van der Waals surface area contributed by atoms with Crippen LogP contribution in [-0.4, -0.2) is 15.9 Å². The lowest BCUT2D eigenvalue weighted by molar-refractivity contribution is 0.0924. The molecule has 130 valence electrons. The molecule has 0 saturated carbocycles. The van der Waals surface area contributed by atoms with Crippen molar-refractivity contribution in [2.45, 2.75) is 12.2 Å². The highest BCUT2D eigenvalue weighted by molar-refractivity contribution is 6.04. The molecule has 5 nitrogen and oxygen atoms in total. The number of carbonyl (C=O) groups excluding carboxylic acids is 1. The second-order valence-electron chi connectivity index (χ2n) is 6.97. The van der Waals surface area contributed by atoms with Crippen molar-refractivity contribution in [3.63, 3.8) is 0 Å². The van der Waals surface area contributed by atoms with Crippen LogP contribution in [0.1, 0.15) is 39.4 Å². The van der Waals surface area contributed by atoms with Gasteiger partial charge in [-0.15, -0.1) is 0 Å². The lowest BCUT2D eigenvalue weighted by Gasteiger charge is -2.46. The first kappa shape index (κ1) is 14.6. The molecule has 4 heterocycles. The van der Waals surface area contributed by atoms with Gasteiger partial charge in [0.2, 0.25) is 0 Å². The quantitative estimate of drug-likeness (QED) is 0.546. The van der Waals surface area contributed by atoms with Gasteiger partial charge in [0, 0.05) is 34.4 Å². The number of nitrogens with one attached hydrogen (secondary N) is 2. The first-order valence-corrected chi connectivity index (χ1v) is 9.02. The van der Waals surface area contributed by atoms with Crippen molar-refractivity contribution in [3.8, 4) is 0 Å². The average Bonchev–Trinajstić information content (AvgIpc) is 3.15. The normalized spacial score (nSPS) is 20.1. The topological polar surface area (TPSA) is 61.0 Å². The third kappa shape index (κ3) is 1.88. The fraction of sp³-hybridized carbons (Fsp3) is 0.0909. The highest BCUT2D eigenvalue weighted by atomic mass is 16.2. The Morgan fingerprint density at radius 3 is 2.70 bits per heavy atom. The first-order chi connectivity index (χ1) is 13.3. The highest BCUT2D eigenvalue weighted by Gasteiger charge is 2.42. The maximum Gasteiger partial charge on any atom is 0.255 e. The second kappa shape index (κ2) is 5.20. The molecule has 6 rings (SSSR count). The molecule has 2 aliphatic rings. The van der Waals surface area contributed by atoms with Gasteiger partial charge in [-0.2, -0.15) is 0 Å². The number of nitrogens with zero attached hydrogens (tertiary/aromatic N) is 2. The number of H-pyrrole nitrogens is 1. The molecule has 0 radical (unpaired) electrons. The maximum atomic E-state index is 12.8. The van der Waals surface area contributed by atoms with Crippen LogP contribution in [0.3, 0.4) is 0 Å². The number of hydrogen-bond acceptors (Lipinski definition) is 3. The number of para-hydroxylation sites is 1. The molecule has 2 aliphatic heterocycles. The van der Waals surface area contributed by atoms with Crippen molar-refractivity contribution in [3.05, 3.63) is 95.4 Å². The molecule has 0 fully saturated rings. The molecule has 0 saturated heterocycles. The van der Waals surface area contributed by atoms with E-state index >= 15 is 0 Å². The Kier molecular flexibility index (Phi) is 2.81. The molecule has 27 heavy (non-hydrogen) atoms. The minimum atomic E-state index is -0.230. The summed E-state index contributed by atoms with van der Waals surface area (Å²) in [7, 11) is 0. The zero-order valence-corrected chi connectivity index (χ0v) is 14.4. The van der Waals surface area contributed by atoms with Gasteiger partial charge in [-0.3, -0.25) is 9.78 Å². The fourth-order valence-corrected chi connectivity index (χ4v) is 4.49. The van der Waals surface area contributed by atoms with E-state index in [0.717, 1.165) is 22.5 Å². The minimum Gasteiger partial charge on any atom is -0.361 e. The van der Waals surface area contributed by atoms with E-state index in [4.69, 9.17) is 0 Å². The van der Waals surface area contributed by atoms with Gasteiger partial charge in [0.05, 0.1) is 16.9 Å². The molecule has 1 amide bonds. The number of aromatic amines is 1. The SMILES string of the molecule is O=C1NC2c3cccc4[nH]cc(c34)C(c3ccccn3)N2c2ccccc21. The molecule has 0 bridgehead atoms. The zero-order chi connectivity index (χ0) is 18.0. The number of hydrogen-bond donors (Lipinski definition) is 2. The van der Waals surface area contributed by atoms with Gasteiger partial charge in [-0.25, -0.2) is 0 Å². The zero-order valence-electron chi connectivity index (χ0n) is 14.4. The van der Waals surface area contributed by atoms with Crippen LogP contribution < -0.4 is 10.2 Å². The summed E-state index contributed by atoms with van der Waals surface area (Å²) >= 11 is 0. The lowest BCUT2D eigenvalue weighted by atomic mass is 9.88. The number of anilines is 1. The molecule has 2 atom stereocenters. The van der Waals surface area contributed by atoms with Crippen LogP contribution in [0.2, 0.25) is 0 Å². The van der Waals surface area contributed by atoms with E-state index in [0.29, 0.717) is 5.56 Å². The van der Waals surface area contributed by atoms with Crippen LogP contribution in [0.25, 0.3) is 10.9 Å². The van der Waals surface area contributed by atoms with Crippen LogP contribution in [0, 0.1) is 0 Å². The van der Waals surface area contributed by atoms with Crippen molar-refractivity contribution in [1.29, 1.82) is 0 Å². The molecular formula is C22H16N4O. The Bertz CT molecular complexity index is 1200. The highest BCUT2D eigenvalue weighted by Crippen LogP contribution is 2.49. The minimum absolute atomic E-state index is 0.0393. The number of rotatable bonds is 1. The molecule has 2 aromatic heterocycles. The monoisotopic (exact) mass is 352 g/mol. The number of benzene rings is 2. The van der Waals surface area contributed by atoms with E-state index in [2.05, 4.69) is 38.5 Å². The van der Waals surface area contributed by atoms with Gasteiger partial charge in [0.15, 0.2) is 0 Å². The molecular weight excluding hydrogens is 336 g/mol. The Hall–Kier alpha value is -3.60. The van der Waals surface area contributed by atoms with Crippen LogP contribution in [0.4, 0.5) is 5.69 Å². The Morgan fingerprint density at radius 1 is 0.926 bits per heavy atom. The summed E-state index contributed by atoms with van der Waals surface area (Å²) in [6.45, 7) is 0. The molecule has 2 unspecified atom stereocenters. The van der Waals surface area contributed by atoms with Crippen LogP contribution in [-0.2, 0) is 0 Å². The van der Waals surface area contributed by atoms with Gasteiger partial charge >= 0.3 is 0 Å². The third-order valence-corrected chi connectivity index (χ3v) is 5.58. The lowest BCUT2D eigenvalue weighted by Crippen LogP contribution is -2.50. The Balaban J connectivity index is 1.70. The molecule has 2 aromatic carbocycles. The smallest absolute Gasteiger partial charge is 0.255 e. The molecule has 5 heteroatoms. The van der Waals surface area contributed by atoms with Gasteiger partial charge < -0.3 is 15.2 Å². The van der Waals surface area contributed by atoms with E-state index < -0.39 is 0 Å². The Labute approximate surface area is 155 Å². The summed E-state index contributed by atoms with van der Waals surface area (Å²) in [6, 6.07) is 19.9. The number of carbonyl (C=O) groups is 1. The Morgan fingerprint density at radius 2 is 1.81 bits per heavy atom.